The number of hydrogen-bond donors (Lipinski definition) is 3. The Kier molecular flexibility index (Phi) is 7.39. The SMILES string of the molecule is CCCCNc1nc(N)nc2cnn(Cc3cc(CNC4CCOCC4)ccc3OC)c12. The van der Waals surface area contributed by atoms with Crippen LogP contribution in [-0.4, -0.2) is 52.7 Å². The molecule has 172 valence electrons. The van der Waals surface area contributed by atoms with Gasteiger partial charge in [-0.15, -0.1) is 0 Å². The zero-order valence-corrected chi connectivity index (χ0v) is 18.9. The predicted molar refractivity (Wildman–Crippen MR) is 126 cm³/mol. The number of nitrogens with one attached hydrogen (secondary N) is 2. The second-order valence-corrected chi connectivity index (χ2v) is 8.16. The molecule has 4 rings (SSSR count). The highest BCUT2D eigenvalue weighted by atomic mass is 16.5. The van der Waals surface area contributed by atoms with Crippen LogP contribution >= 0.6 is 0 Å². The molecule has 1 aliphatic heterocycles. The van der Waals surface area contributed by atoms with E-state index in [1.54, 1.807) is 13.3 Å². The molecule has 32 heavy (non-hydrogen) atoms. The van der Waals surface area contributed by atoms with Gasteiger partial charge in [0.1, 0.15) is 16.8 Å². The van der Waals surface area contributed by atoms with Crippen molar-refractivity contribution in [2.75, 3.05) is 37.9 Å². The third-order valence-corrected chi connectivity index (χ3v) is 5.81. The van der Waals surface area contributed by atoms with Gasteiger partial charge in [-0.3, -0.25) is 4.68 Å². The van der Waals surface area contributed by atoms with Gasteiger partial charge in [0, 0.05) is 37.9 Å². The minimum Gasteiger partial charge on any atom is -0.496 e. The normalized spacial score (nSPS) is 14.7. The minimum atomic E-state index is 0.245. The lowest BCUT2D eigenvalue weighted by Gasteiger charge is -2.23. The van der Waals surface area contributed by atoms with Gasteiger partial charge in [0.25, 0.3) is 0 Å². The van der Waals surface area contributed by atoms with Crippen LogP contribution < -0.4 is 21.1 Å². The summed E-state index contributed by atoms with van der Waals surface area (Å²) in [7, 11) is 1.70. The van der Waals surface area contributed by atoms with E-state index in [1.807, 2.05) is 10.7 Å². The summed E-state index contributed by atoms with van der Waals surface area (Å²) >= 11 is 0. The number of nitrogens with two attached hydrogens (primary N) is 1. The second kappa shape index (κ2) is 10.6. The number of aromatic nitrogens is 4. The largest absolute Gasteiger partial charge is 0.496 e. The lowest BCUT2D eigenvalue weighted by molar-refractivity contribution is 0.0776. The highest BCUT2D eigenvalue weighted by Gasteiger charge is 2.16. The topological polar surface area (TPSA) is 112 Å². The maximum Gasteiger partial charge on any atom is 0.222 e. The molecule has 0 amide bonds. The van der Waals surface area contributed by atoms with Crippen LogP contribution in [0.4, 0.5) is 11.8 Å². The summed E-state index contributed by atoms with van der Waals surface area (Å²) in [5, 5.41) is 11.6. The monoisotopic (exact) mass is 439 g/mol. The number of methoxy groups -OCH3 is 1. The van der Waals surface area contributed by atoms with Crippen molar-refractivity contribution in [3.8, 4) is 5.75 Å². The second-order valence-electron chi connectivity index (χ2n) is 8.16. The Labute approximate surface area is 188 Å². The highest BCUT2D eigenvalue weighted by Crippen LogP contribution is 2.26. The van der Waals surface area contributed by atoms with Crippen LogP contribution in [0.25, 0.3) is 11.0 Å². The van der Waals surface area contributed by atoms with E-state index in [1.165, 1.54) is 5.56 Å². The number of anilines is 2. The summed E-state index contributed by atoms with van der Waals surface area (Å²) in [6.45, 7) is 6.01. The van der Waals surface area contributed by atoms with E-state index in [9.17, 15) is 0 Å². The quantitative estimate of drug-likeness (QED) is 0.414. The molecular weight excluding hydrogens is 406 g/mol. The molecule has 9 nitrogen and oxygen atoms in total. The molecule has 1 fully saturated rings. The Hall–Kier alpha value is -2.91. The van der Waals surface area contributed by atoms with Gasteiger partial charge < -0.3 is 25.8 Å². The number of nitrogens with zero attached hydrogens (tertiary/aromatic N) is 4. The van der Waals surface area contributed by atoms with Crippen LogP contribution in [0.3, 0.4) is 0 Å². The van der Waals surface area contributed by atoms with Crippen molar-refractivity contribution in [3.63, 3.8) is 0 Å². The molecule has 9 heteroatoms. The number of fused-ring (bicyclic) bond motifs is 1. The van der Waals surface area contributed by atoms with Crippen molar-refractivity contribution in [1.82, 2.24) is 25.1 Å². The van der Waals surface area contributed by atoms with Crippen LogP contribution in [-0.2, 0) is 17.8 Å². The van der Waals surface area contributed by atoms with Crippen LogP contribution in [0, 0.1) is 0 Å². The number of hydrogen-bond acceptors (Lipinski definition) is 8. The molecule has 0 unspecified atom stereocenters. The number of ether oxygens (including phenoxy) is 2. The van der Waals surface area contributed by atoms with Crippen molar-refractivity contribution in [2.24, 2.45) is 0 Å². The third-order valence-electron chi connectivity index (χ3n) is 5.81. The van der Waals surface area contributed by atoms with Crippen LogP contribution in [0.15, 0.2) is 24.4 Å². The van der Waals surface area contributed by atoms with Gasteiger partial charge in [-0.25, -0.2) is 4.98 Å². The van der Waals surface area contributed by atoms with Crippen LogP contribution in [0.2, 0.25) is 0 Å². The van der Waals surface area contributed by atoms with E-state index in [0.29, 0.717) is 12.6 Å². The van der Waals surface area contributed by atoms with Gasteiger partial charge in [0.2, 0.25) is 5.95 Å². The predicted octanol–water partition coefficient (Wildman–Crippen LogP) is 2.95. The first kappa shape index (κ1) is 22.3. The van der Waals surface area contributed by atoms with Crippen molar-refractivity contribution >= 4 is 22.8 Å². The number of unbranched alkanes of at least 4 members (excludes halogenated alkanes) is 1. The van der Waals surface area contributed by atoms with E-state index in [-0.39, 0.29) is 5.95 Å². The van der Waals surface area contributed by atoms with Gasteiger partial charge in [0.15, 0.2) is 5.82 Å². The number of nitrogen functional groups attached to an aromatic ring is 1. The van der Waals surface area contributed by atoms with Crippen molar-refractivity contribution in [1.29, 1.82) is 0 Å². The Morgan fingerprint density at radius 1 is 1.25 bits per heavy atom. The molecule has 0 aliphatic carbocycles. The maximum atomic E-state index is 5.92. The molecule has 1 saturated heterocycles. The molecule has 0 radical (unpaired) electrons. The zero-order valence-electron chi connectivity index (χ0n) is 18.9. The third kappa shape index (κ3) is 5.28. The molecule has 0 spiro atoms. The maximum absolute atomic E-state index is 5.92. The fourth-order valence-corrected chi connectivity index (χ4v) is 4.03. The molecule has 1 aromatic carbocycles. The average molecular weight is 440 g/mol. The standard InChI is InChI=1S/C23H33N7O2/c1-3-4-9-25-22-21-19(28-23(24)29-22)14-27-30(21)15-17-12-16(5-6-20(17)31-2)13-26-18-7-10-32-11-8-18/h5-6,12,14,18,26H,3-4,7-11,13,15H2,1-2H3,(H3,24,25,28,29). The summed E-state index contributed by atoms with van der Waals surface area (Å²) in [6, 6.07) is 6.82. The van der Waals surface area contributed by atoms with Gasteiger partial charge in [-0.05, 0) is 37.0 Å². The van der Waals surface area contributed by atoms with Crippen molar-refractivity contribution in [2.45, 2.75) is 51.7 Å². The first-order chi connectivity index (χ1) is 15.7. The molecule has 2 aromatic heterocycles. The van der Waals surface area contributed by atoms with E-state index >= 15 is 0 Å². The average Bonchev–Trinajstić information content (AvgIpc) is 3.21. The molecule has 4 N–H and O–H groups in total. The Bertz CT molecular complexity index is 1030. The number of rotatable bonds is 10. The lowest BCUT2D eigenvalue weighted by Crippen LogP contribution is -2.34. The Balaban J connectivity index is 1.57. The molecule has 3 aromatic rings. The summed E-state index contributed by atoms with van der Waals surface area (Å²) in [5.41, 5.74) is 9.77. The first-order valence-corrected chi connectivity index (χ1v) is 11.4. The van der Waals surface area contributed by atoms with E-state index in [0.717, 1.165) is 80.2 Å². The van der Waals surface area contributed by atoms with Gasteiger partial charge in [-0.2, -0.15) is 10.1 Å². The summed E-state index contributed by atoms with van der Waals surface area (Å²) in [6.07, 6.45) is 6.00. The Morgan fingerprint density at radius 3 is 2.88 bits per heavy atom. The minimum absolute atomic E-state index is 0.245. The smallest absolute Gasteiger partial charge is 0.222 e. The summed E-state index contributed by atoms with van der Waals surface area (Å²) < 4.78 is 13.0. The van der Waals surface area contributed by atoms with E-state index in [4.69, 9.17) is 15.2 Å². The molecular formula is C23H33N7O2. The lowest BCUT2D eigenvalue weighted by atomic mass is 10.1. The number of benzene rings is 1. The van der Waals surface area contributed by atoms with E-state index in [2.05, 4.69) is 44.8 Å². The fraction of sp³-hybridized carbons (Fsp3) is 0.522. The van der Waals surface area contributed by atoms with Crippen LogP contribution in [0.1, 0.15) is 43.7 Å². The molecule has 3 heterocycles. The Morgan fingerprint density at radius 2 is 2.09 bits per heavy atom. The van der Waals surface area contributed by atoms with Crippen molar-refractivity contribution in [3.05, 3.63) is 35.5 Å². The first-order valence-electron chi connectivity index (χ1n) is 11.4. The van der Waals surface area contributed by atoms with Gasteiger partial charge in [0.05, 0.1) is 19.9 Å². The van der Waals surface area contributed by atoms with Crippen LogP contribution in [0.5, 0.6) is 5.75 Å². The fourth-order valence-electron chi connectivity index (χ4n) is 4.03. The zero-order chi connectivity index (χ0) is 22.3. The molecule has 0 atom stereocenters. The highest BCUT2D eigenvalue weighted by molar-refractivity contribution is 5.86. The van der Waals surface area contributed by atoms with Gasteiger partial charge in [-0.1, -0.05) is 19.4 Å². The summed E-state index contributed by atoms with van der Waals surface area (Å²) in [5.74, 6) is 1.80. The molecule has 0 saturated carbocycles. The van der Waals surface area contributed by atoms with Crippen molar-refractivity contribution < 1.29 is 9.47 Å². The van der Waals surface area contributed by atoms with E-state index < -0.39 is 0 Å². The molecule has 0 bridgehead atoms. The summed E-state index contributed by atoms with van der Waals surface area (Å²) in [4.78, 5) is 8.79. The molecule has 1 aliphatic rings. The van der Waals surface area contributed by atoms with Gasteiger partial charge >= 0.3 is 0 Å².